The largest absolute Gasteiger partial charge is 0.401 e. The number of nitrogens with zero attached hydrogens (tertiary/aromatic N) is 1. The van der Waals surface area contributed by atoms with Crippen molar-refractivity contribution in [1.29, 1.82) is 0 Å². The van der Waals surface area contributed by atoms with E-state index in [0.717, 1.165) is 11.9 Å². The highest BCUT2D eigenvalue weighted by Crippen LogP contribution is 2.56. The lowest BCUT2D eigenvalue weighted by Gasteiger charge is -2.18. The fourth-order valence-corrected chi connectivity index (χ4v) is 2.01. The fourth-order valence-electron chi connectivity index (χ4n) is 1.48. The molecule has 19 heavy (non-hydrogen) atoms. The summed E-state index contributed by atoms with van der Waals surface area (Å²) in [5.74, 6) is 0. The minimum absolute atomic E-state index is 0.0706. The summed E-state index contributed by atoms with van der Waals surface area (Å²) in [7, 11) is 0. The van der Waals surface area contributed by atoms with Gasteiger partial charge in [0.2, 0.25) is 0 Å². The zero-order valence-corrected chi connectivity index (χ0v) is 12.2. The third-order valence-corrected chi connectivity index (χ3v) is 4.05. The van der Waals surface area contributed by atoms with Crippen molar-refractivity contribution in [1.82, 2.24) is 5.32 Å². The van der Waals surface area contributed by atoms with E-state index in [2.05, 4.69) is 10.3 Å². The number of rotatable bonds is 6. The normalized spacial score (nSPS) is 21.2. The van der Waals surface area contributed by atoms with Crippen LogP contribution in [0.15, 0.2) is 16.4 Å². The number of nitrogens with one attached hydrogen (secondary N) is 1. The Balaban J connectivity index is 2.53. The van der Waals surface area contributed by atoms with E-state index in [0.29, 0.717) is 12.2 Å². The minimum Gasteiger partial charge on any atom is -0.401 e. The van der Waals surface area contributed by atoms with Gasteiger partial charge in [0.25, 0.3) is 0 Å². The number of thioether (sulfide) groups is 1. The van der Waals surface area contributed by atoms with Gasteiger partial charge in [0.15, 0.2) is 0 Å². The molecule has 1 aliphatic rings. The lowest BCUT2D eigenvalue weighted by atomic mass is 10.1. The Hall–Kier alpha value is -0.850. The van der Waals surface area contributed by atoms with Crippen LogP contribution in [0.5, 0.6) is 0 Å². The molecule has 0 aromatic rings. The highest BCUT2D eigenvalue weighted by Gasteiger charge is 2.62. The first-order chi connectivity index (χ1) is 8.72. The van der Waals surface area contributed by atoms with Crippen LogP contribution in [-0.4, -0.2) is 30.6 Å². The molecule has 1 fully saturated rings. The molecule has 0 bridgehead atoms. The highest BCUT2D eigenvalue weighted by atomic mass is 32.2. The van der Waals surface area contributed by atoms with Crippen molar-refractivity contribution in [2.45, 2.75) is 38.2 Å². The number of hydrogen-bond acceptors (Lipinski definition) is 4. The molecule has 0 aromatic heterocycles. The molecule has 0 radical (unpaired) electrons. The number of allylic oxidation sites excluding steroid dienone is 2. The van der Waals surface area contributed by atoms with Gasteiger partial charge in [-0.2, -0.15) is 13.2 Å². The second-order valence-electron chi connectivity index (χ2n) is 4.82. The van der Waals surface area contributed by atoms with Gasteiger partial charge in [-0.05, 0) is 32.9 Å². The molecule has 3 nitrogen and oxygen atoms in total. The zero-order valence-electron chi connectivity index (χ0n) is 11.3. The summed E-state index contributed by atoms with van der Waals surface area (Å²) >= 11 is 1.50. The molecule has 0 aromatic carbocycles. The van der Waals surface area contributed by atoms with Crippen molar-refractivity contribution in [3.8, 4) is 0 Å². The van der Waals surface area contributed by atoms with E-state index in [9.17, 15) is 13.2 Å². The zero-order chi connectivity index (χ0) is 14.7. The Labute approximate surface area is 115 Å². The molecule has 0 spiro atoms. The van der Waals surface area contributed by atoms with Crippen molar-refractivity contribution in [3.05, 3.63) is 11.4 Å². The molecular formula is C12H20F3N3S. The molecule has 1 atom stereocenters. The molecule has 1 saturated carbocycles. The Morgan fingerprint density at radius 2 is 2.05 bits per heavy atom. The summed E-state index contributed by atoms with van der Waals surface area (Å²) in [6.07, 6.45) is -0.923. The van der Waals surface area contributed by atoms with Gasteiger partial charge in [-0.3, -0.25) is 4.99 Å². The molecule has 110 valence electrons. The van der Waals surface area contributed by atoms with Gasteiger partial charge >= 0.3 is 6.18 Å². The van der Waals surface area contributed by atoms with Crippen LogP contribution >= 0.6 is 11.8 Å². The maximum Gasteiger partial charge on any atom is 0.399 e. The van der Waals surface area contributed by atoms with Gasteiger partial charge in [0.1, 0.15) is 5.41 Å². The lowest BCUT2D eigenvalue weighted by molar-refractivity contribution is -0.164. The summed E-state index contributed by atoms with van der Waals surface area (Å²) in [4.78, 5) is 3.96. The van der Waals surface area contributed by atoms with Crippen molar-refractivity contribution in [2.24, 2.45) is 16.1 Å². The smallest absolute Gasteiger partial charge is 0.399 e. The summed E-state index contributed by atoms with van der Waals surface area (Å²) in [6, 6.07) is 0. The van der Waals surface area contributed by atoms with Crippen molar-refractivity contribution in [3.63, 3.8) is 0 Å². The van der Waals surface area contributed by atoms with Crippen molar-refractivity contribution >= 4 is 18.0 Å². The van der Waals surface area contributed by atoms with E-state index in [1.165, 1.54) is 11.8 Å². The van der Waals surface area contributed by atoms with Crippen molar-refractivity contribution < 1.29 is 13.2 Å². The van der Waals surface area contributed by atoms with Crippen LogP contribution in [0.3, 0.4) is 0 Å². The lowest BCUT2D eigenvalue weighted by Crippen LogP contribution is -2.30. The van der Waals surface area contributed by atoms with E-state index < -0.39 is 11.6 Å². The number of halogens is 3. The minimum atomic E-state index is -4.18. The number of aliphatic imine (C=N–C) groups is 1. The molecule has 7 heteroatoms. The first-order valence-corrected chi connectivity index (χ1v) is 7.30. The Morgan fingerprint density at radius 3 is 2.42 bits per heavy atom. The molecule has 1 aliphatic carbocycles. The summed E-state index contributed by atoms with van der Waals surface area (Å²) in [6.45, 7) is 3.90. The van der Waals surface area contributed by atoms with Gasteiger partial charge in [0, 0.05) is 17.6 Å². The van der Waals surface area contributed by atoms with Gasteiger partial charge in [-0.25, -0.2) is 0 Å². The summed E-state index contributed by atoms with van der Waals surface area (Å²) in [5.41, 5.74) is 5.45. The average Bonchev–Trinajstić information content (AvgIpc) is 3.07. The molecule has 1 unspecified atom stereocenters. The van der Waals surface area contributed by atoms with Crippen LogP contribution in [0.2, 0.25) is 0 Å². The highest BCUT2D eigenvalue weighted by molar-refractivity contribution is 7.99. The van der Waals surface area contributed by atoms with Crippen LogP contribution in [0.25, 0.3) is 0 Å². The standard InChI is InChI=1S/C12H20F3N3S/c1-8(16)9(2)18-10(19-3)6-17-7-11(4-5-11)12(13,14)15/h7,10,18H,4-6,16H2,1-3H3/b9-8-,17-7+. The average molecular weight is 295 g/mol. The third-order valence-electron chi connectivity index (χ3n) is 3.22. The second-order valence-corrected chi connectivity index (χ2v) is 5.87. The Bertz CT molecular complexity index is 369. The predicted molar refractivity (Wildman–Crippen MR) is 74.1 cm³/mol. The van der Waals surface area contributed by atoms with Gasteiger partial charge in [0.05, 0.1) is 11.9 Å². The van der Waals surface area contributed by atoms with E-state index in [4.69, 9.17) is 5.73 Å². The van der Waals surface area contributed by atoms with Crippen LogP contribution < -0.4 is 11.1 Å². The molecule has 0 aliphatic heterocycles. The maximum atomic E-state index is 12.7. The van der Waals surface area contributed by atoms with Crippen molar-refractivity contribution in [2.75, 3.05) is 12.8 Å². The van der Waals surface area contributed by atoms with E-state index in [-0.39, 0.29) is 18.2 Å². The quantitative estimate of drug-likeness (QED) is 0.585. The number of nitrogens with two attached hydrogens (primary N) is 1. The summed E-state index contributed by atoms with van der Waals surface area (Å²) in [5, 5.41) is 3.06. The first kappa shape index (κ1) is 16.2. The van der Waals surface area contributed by atoms with E-state index >= 15 is 0 Å². The molecule has 0 saturated heterocycles. The SMILES string of the molecule is CSC(C/N=C/C1(C(F)(F)F)CC1)N/C(C)=C(/C)N. The molecule has 0 heterocycles. The molecular weight excluding hydrogens is 275 g/mol. The number of alkyl halides is 3. The van der Waals surface area contributed by atoms with E-state index in [1.54, 1.807) is 6.92 Å². The van der Waals surface area contributed by atoms with Crippen LogP contribution in [0.4, 0.5) is 13.2 Å². The monoisotopic (exact) mass is 295 g/mol. The molecule has 0 amide bonds. The molecule has 3 N–H and O–H groups in total. The topological polar surface area (TPSA) is 50.4 Å². The second kappa shape index (κ2) is 6.07. The van der Waals surface area contributed by atoms with Crippen LogP contribution in [0.1, 0.15) is 26.7 Å². The van der Waals surface area contributed by atoms with Crippen LogP contribution in [0, 0.1) is 5.41 Å². The van der Waals surface area contributed by atoms with Gasteiger partial charge < -0.3 is 11.1 Å². The Kier molecular flexibility index (Phi) is 5.18. The van der Waals surface area contributed by atoms with E-state index in [1.807, 2.05) is 13.2 Å². The maximum absolute atomic E-state index is 12.7. The Morgan fingerprint density at radius 1 is 1.47 bits per heavy atom. The predicted octanol–water partition coefficient (Wildman–Crippen LogP) is 2.89. The number of hydrogen-bond donors (Lipinski definition) is 2. The fraction of sp³-hybridized carbons (Fsp3) is 0.750. The molecule has 1 rings (SSSR count). The van der Waals surface area contributed by atoms with Gasteiger partial charge in [-0.1, -0.05) is 0 Å². The third kappa shape index (κ3) is 4.33. The van der Waals surface area contributed by atoms with Crippen LogP contribution in [-0.2, 0) is 0 Å². The van der Waals surface area contributed by atoms with Gasteiger partial charge in [-0.15, -0.1) is 11.8 Å². The summed E-state index contributed by atoms with van der Waals surface area (Å²) < 4.78 is 38.0. The first-order valence-electron chi connectivity index (χ1n) is 6.02.